The molecule has 3 rings (SSSR count). The number of nitrogens with zero attached hydrogens (tertiary/aromatic N) is 2. The molecule has 0 atom stereocenters. The predicted molar refractivity (Wildman–Crippen MR) is 134 cm³/mol. The van der Waals surface area contributed by atoms with E-state index in [-0.39, 0.29) is 23.5 Å². The molecular weight excluding hydrogens is 440 g/mol. The molecular formula is C24H34N4O2S2. The predicted octanol–water partition coefficient (Wildman–Crippen LogP) is 6.13. The second-order valence-corrected chi connectivity index (χ2v) is 11.0. The largest absolute Gasteiger partial charge is 0.325 e. The summed E-state index contributed by atoms with van der Waals surface area (Å²) in [6.07, 6.45) is 8.02. The van der Waals surface area contributed by atoms with E-state index in [0.29, 0.717) is 9.47 Å². The summed E-state index contributed by atoms with van der Waals surface area (Å²) >= 11 is 2.66. The van der Waals surface area contributed by atoms with Crippen molar-refractivity contribution in [1.29, 1.82) is 0 Å². The van der Waals surface area contributed by atoms with Crippen LogP contribution in [0.2, 0.25) is 0 Å². The number of aryl methyl sites for hydroxylation is 3. The van der Waals surface area contributed by atoms with Gasteiger partial charge in [0.1, 0.15) is 0 Å². The summed E-state index contributed by atoms with van der Waals surface area (Å²) in [6.45, 7) is 8.28. The van der Waals surface area contributed by atoms with Gasteiger partial charge in [-0.15, -0.1) is 10.2 Å². The van der Waals surface area contributed by atoms with Crippen LogP contribution in [0.3, 0.4) is 0 Å². The van der Waals surface area contributed by atoms with Gasteiger partial charge in [0.2, 0.25) is 16.9 Å². The number of aromatic nitrogens is 2. The van der Waals surface area contributed by atoms with E-state index in [2.05, 4.69) is 39.9 Å². The number of unbranched alkanes of at least 4 members (excludes halogenated alkanes) is 1. The number of thioether (sulfide) groups is 1. The van der Waals surface area contributed by atoms with Crippen LogP contribution in [0.25, 0.3) is 0 Å². The number of amides is 2. The fourth-order valence-corrected chi connectivity index (χ4v) is 5.97. The van der Waals surface area contributed by atoms with E-state index in [1.165, 1.54) is 47.9 Å². The number of rotatable bonds is 9. The molecule has 0 bridgehead atoms. The average molecular weight is 475 g/mol. The third-order valence-corrected chi connectivity index (χ3v) is 8.06. The summed E-state index contributed by atoms with van der Waals surface area (Å²) in [5.74, 6) is 1.07. The molecule has 1 heterocycles. The molecule has 1 aromatic heterocycles. The second kappa shape index (κ2) is 11.8. The summed E-state index contributed by atoms with van der Waals surface area (Å²) in [6, 6.07) is 4.13. The van der Waals surface area contributed by atoms with E-state index in [1.807, 2.05) is 20.8 Å². The zero-order valence-electron chi connectivity index (χ0n) is 19.5. The summed E-state index contributed by atoms with van der Waals surface area (Å²) in [5.41, 5.74) is 4.17. The van der Waals surface area contributed by atoms with Gasteiger partial charge in [0, 0.05) is 11.6 Å². The van der Waals surface area contributed by atoms with E-state index in [9.17, 15) is 9.59 Å². The van der Waals surface area contributed by atoms with E-state index < -0.39 is 0 Å². The number of hydrogen-bond donors (Lipinski definition) is 2. The number of benzene rings is 1. The van der Waals surface area contributed by atoms with Crippen molar-refractivity contribution in [3.05, 3.63) is 28.8 Å². The zero-order chi connectivity index (χ0) is 23.1. The number of carbonyl (C=O) groups excluding carboxylic acids is 2. The van der Waals surface area contributed by atoms with Crippen molar-refractivity contribution in [2.75, 3.05) is 16.4 Å². The highest BCUT2D eigenvalue weighted by Gasteiger charge is 2.26. The summed E-state index contributed by atoms with van der Waals surface area (Å²) in [7, 11) is 0. The van der Waals surface area contributed by atoms with Crippen molar-refractivity contribution in [2.24, 2.45) is 11.8 Å². The number of nitrogens with one attached hydrogen (secondary N) is 2. The maximum absolute atomic E-state index is 12.6. The molecule has 32 heavy (non-hydrogen) atoms. The van der Waals surface area contributed by atoms with Crippen LogP contribution in [0, 0.1) is 32.6 Å². The fraction of sp³-hybridized carbons (Fsp3) is 0.583. The van der Waals surface area contributed by atoms with E-state index >= 15 is 0 Å². The quantitative estimate of drug-likeness (QED) is 0.337. The van der Waals surface area contributed by atoms with Crippen molar-refractivity contribution in [2.45, 2.75) is 77.0 Å². The Labute approximate surface area is 199 Å². The molecule has 1 saturated carbocycles. The zero-order valence-corrected chi connectivity index (χ0v) is 21.1. The third kappa shape index (κ3) is 7.04. The minimum atomic E-state index is -0.0781. The Balaban J connectivity index is 1.44. The molecule has 0 radical (unpaired) electrons. The lowest BCUT2D eigenvalue weighted by molar-refractivity contribution is -0.121. The fourth-order valence-electron chi connectivity index (χ4n) is 4.41. The van der Waals surface area contributed by atoms with Gasteiger partial charge in [-0.1, -0.05) is 67.0 Å². The molecule has 0 spiro atoms. The summed E-state index contributed by atoms with van der Waals surface area (Å²) < 4.78 is 0.677. The van der Waals surface area contributed by atoms with Crippen molar-refractivity contribution in [1.82, 2.24) is 10.2 Å². The second-order valence-electron chi connectivity index (χ2n) is 8.83. The van der Waals surface area contributed by atoms with Gasteiger partial charge in [-0.25, -0.2) is 0 Å². The summed E-state index contributed by atoms with van der Waals surface area (Å²) in [5, 5.41) is 14.7. The Bertz CT molecular complexity index is 913. The van der Waals surface area contributed by atoms with Crippen LogP contribution >= 0.6 is 23.1 Å². The van der Waals surface area contributed by atoms with Gasteiger partial charge in [-0.2, -0.15) is 0 Å². The van der Waals surface area contributed by atoms with Gasteiger partial charge in [0.05, 0.1) is 5.75 Å². The lowest BCUT2D eigenvalue weighted by Crippen LogP contribution is -2.27. The van der Waals surface area contributed by atoms with Gasteiger partial charge >= 0.3 is 0 Å². The molecule has 2 N–H and O–H groups in total. The third-order valence-electron chi connectivity index (χ3n) is 6.09. The molecule has 1 aromatic carbocycles. The molecule has 1 fully saturated rings. The smallest absolute Gasteiger partial charge is 0.234 e. The van der Waals surface area contributed by atoms with E-state index in [1.54, 1.807) is 0 Å². The topological polar surface area (TPSA) is 84.0 Å². The molecule has 6 nitrogen and oxygen atoms in total. The summed E-state index contributed by atoms with van der Waals surface area (Å²) in [4.78, 5) is 25.0. The Hall–Kier alpha value is -1.93. The number of carbonyl (C=O) groups is 2. The van der Waals surface area contributed by atoms with Gasteiger partial charge < -0.3 is 10.6 Å². The SMILES string of the molecule is CCCCC1CCC(C(=O)Nc2nnc(SCC(=O)Nc3c(C)cc(C)cc3C)s2)CC1. The van der Waals surface area contributed by atoms with Crippen molar-refractivity contribution in [3.8, 4) is 0 Å². The van der Waals surface area contributed by atoms with Crippen LogP contribution in [0.15, 0.2) is 16.5 Å². The van der Waals surface area contributed by atoms with Gasteiger partial charge in [-0.05, 0) is 63.5 Å². The molecule has 0 saturated heterocycles. The molecule has 1 aliphatic rings. The van der Waals surface area contributed by atoms with Gasteiger partial charge in [-0.3, -0.25) is 9.59 Å². The Morgan fingerprint density at radius 3 is 2.41 bits per heavy atom. The maximum Gasteiger partial charge on any atom is 0.234 e. The van der Waals surface area contributed by atoms with Crippen LogP contribution in [0.4, 0.5) is 10.8 Å². The van der Waals surface area contributed by atoms with Crippen molar-refractivity contribution in [3.63, 3.8) is 0 Å². The maximum atomic E-state index is 12.6. The minimum Gasteiger partial charge on any atom is -0.325 e. The highest BCUT2D eigenvalue weighted by atomic mass is 32.2. The Kier molecular flexibility index (Phi) is 9.11. The van der Waals surface area contributed by atoms with E-state index in [4.69, 9.17) is 0 Å². The van der Waals surface area contributed by atoms with E-state index in [0.717, 1.165) is 48.4 Å². The molecule has 2 aromatic rings. The molecule has 1 aliphatic carbocycles. The monoisotopic (exact) mass is 474 g/mol. The van der Waals surface area contributed by atoms with Gasteiger partial charge in [0.15, 0.2) is 4.34 Å². The minimum absolute atomic E-state index is 0.0507. The van der Waals surface area contributed by atoms with Crippen molar-refractivity contribution >= 4 is 45.7 Å². The first kappa shape index (κ1) is 24.7. The molecule has 2 amide bonds. The standard InChI is InChI=1S/C24H34N4O2S2/c1-5-6-7-18-8-10-19(11-9-18)22(30)26-23-27-28-24(32-23)31-14-20(29)25-21-16(3)12-15(2)13-17(21)4/h12-13,18-19H,5-11,14H2,1-4H3,(H,25,29)(H,26,27,30). The molecule has 174 valence electrons. The van der Waals surface area contributed by atoms with Crippen LogP contribution in [0.1, 0.15) is 68.6 Å². The van der Waals surface area contributed by atoms with Gasteiger partial charge in [0.25, 0.3) is 0 Å². The Morgan fingerprint density at radius 1 is 1.06 bits per heavy atom. The highest BCUT2D eigenvalue weighted by Crippen LogP contribution is 2.33. The van der Waals surface area contributed by atoms with Crippen LogP contribution in [-0.4, -0.2) is 27.8 Å². The van der Waals surface area contributed by atoms with Crippen molar-refractivity contribution < 1.29 is 9.59 Å². The first-order chi connectivity index (χ1) is 15.4. The lowest BCUT2D eigenvalue weighted by Gasteiger charge is -2.27. The first-order valence-electron chi connectivity index (χ1n) is 11.5. The van der Waals surface area contributed by atoms with Crippen LogP contribution in [0.5, 0.6) is 0 Å². The average Bonchev–Trinajstić information content (AvgIpc) is 3.21. The normalized spacial score (nSPS) is 18.4. The lowest BCUT2D eigenvalue weighted by atomic mass is 9.79. The number of anilines is 2. The molecule has 8 heteroatoms. The van der Waals surface area contributed by atoms with Crippen LogP contribution < -0.4 is 10.6 Å². The highest BCUT2D eigenvalue weighted by molar-refractivity contribution is 8.01. The first-order valence-corrected chi connectivity index (χ1v) is 13.3. The molecule has 0 unspecified atom stereocenters. The number of hydrogen-bond acceptors (Lipinski definition) is 6. The molecule has 0 aliphatic heterocycles. The Morgan fingerprint density at radius 2 is 1.75 bits per heavy atom. The van der Waals surface area contributed by atoms with Crippen LogP contribution in [-0.2, 0) is 9.59 Å².